The number of thiophene rings is 1. The molecule has 2 saturated heterocycles. The largest absolute Gasteiger partial charge is 0.378 e. The van der Waals surface area contributed by atoms with Gasteiger partial charge in [-0.2, -0.15) is 0 Å². The van der Waals surface area contributed by atoms with Crippen LogP contribution in [-0.2, 0) is 16.0 Å². The van der Waals surface area contributed by atoms with Crippen LogP contribution in [0.5, 0.6) is 0 Å². The molecule has 4 heterocycles. The van der Waals surface area contributed by atoms with Gasteiger partial charge in [0.25, 0.3) is 5.91 Å². The summed E-state index contributed by atoms with van der Waals surface area (Å²) in [5, 5.41) is 1.15. The van der Waals surface area contributed by atoms with Crippen LogP contribution in [-0.4, -0.2) is 66.0 Å². The van der Waals surface area contributed by atoms with E-state index in [1.807, 2.05) is 40.1 Å². The summed E-state index contributed by atoms with van der Waals surface area (Å²) in [6.07, 6.45) is 2.91. The number of carbonyl (C=O) groups is 2. The van der Waals surface area contributed by atoms with E-state index in [0.717, 1.165) is 32.6 Å². The van der Waals surface area contributed by atoms with Crippen molar-refractivity contribution in [3.05, 3.63) is 64.8 Å². The molecule has 0 spiro atoms. The highest BCUT2D eigenvalue weighted by molar-refractivity contribution is 7.21. The molecular weight excluding hydrogens is 410 g/mol. The number of likely N-dealkylation sites (tertiary alicyclic amines) is 1. The van der Waals surface area contributed by atoms with Gasteiger partial charge in [-0.25, -0.2) is 0 Å². The molecule has 7 heteroatoms. The monoisotopic (exact) mass is 435 g/mol. The van der Waals surface area contributed by atoms with Crippen molar-refractivity contribution in [1.82, 2.24) is 14.8 Å². The van der Waals surface area contributed by atoms with Crippen molar-refractivity contribution in [2.75, 3.05) is 39.4 Å². The van der Waals surface area contributed by atoms with Crippen LogP contribution in [0.15, 0.2) is 48.7 Å². The van der Waals surface area contributed by atoms with E-state index in [2.05, 4.69) is 17.1 Å². The second kappa shape index (κ2) is 8.77. The van der Waals surface area contributed by atoms with Gasteiger partial charge in [-0.15, -0.1) is 11.3 Å². The molecule has 0 bridgehead atoms. The summed E-state index contributed by atoms with van der Waals surface area (Å²) in [5.74, 6) is 0.364. The molecule has 2 fully saturated rings. The summed E-state index contributed by atoms with van der Waals surface area (Å²) >= 11 is 1.58. The number of aromatic nitrogens is 1. The average molecular weight is 436 g/mol. The first-order chi connectivity index (χ1) is 15.2. The number of ether oxygens (including phenoxy) is 1. The molecule has 1 atom stereocenters. The van der Waals surface area contributed by atoms with Crippen molar-refractivity contribution in [2.45, 2.75) is 18.8 Å². The zero-order valence-corrected chi connectivity index (χ0v) is 18.1. The minimum atomic E-state index is 0.0952. The van der Waals surface area contributed by atoms with Gasteiger partial charge in [0.15, 0.2) is 0 Å². The number of morpholine rings is 1. The summed E-state index contributed by atoms with van der Waals surface area (Å²) in [7, 11) is 0. The Hall–Kier alpha value is -2.77. The molecule has 160 valence electrons. The van der Waals surface area contributed by atoms with Crippen LogP contribution in [0.1, 0.15) is 33.3 Å². The van der Waals surface area contributed by atoms with Crippen LogP contribution in [0.2, 0.25) is 0 Å². The molecule has 3 aromatic rings. The van der Waals surface area contributed by atoms with Gasteiger partial charge in [0, 0.05) is 48.7 Å². The normalized spacial score (nSPS) is 19.2. The van der Waals surface area contributed by atoms with Crippen LogP contribution < -0.4 is 0 Å². The Morgan fingerprint density at radius 2 is 1.84 bits per heavy atom. The van der Waals surface area contributed by atoms with Gasteiger partial charge >= 0.3 is 0 Å². The molecule has 6 nitrogen and oxygen atoms in total. The number of benzene rings is 1. The second-order valence-electron chi connectivity index (χ2n) is 8.07. The fourth-order valence-corrected chi connectivity index (χ4v) is 5.79. The lowest BCUT2D eigenvalue weighted by Crippen LogP contribution is -2.40. The quantitative estimate of drug-likeness (QED) is 0.631. The van der Waals surface area contributed by atoms with Crippen LogP contribution >= 0.6 is 11.3 Å². The molecule has 2 aliphatic heterocycles. The standard InChI is InChI=1S/C24H25N3O3S/c28-21(15-18-5-3-4-9-25-18)27-10-8-17(16-27)22-19-6-1-2-7-20(19)31-23(22)24(29)26-11-13-30-14-12-26/h1-7,9,17H,8,10-16H2/t17-/m1/s1. The number of rotatable bonds is 4. The van der Waals surface area contributed by atoms with Crippen molar-refractivity contribution >= 4 is 33.2 Å². The van der Waals surface area contributed by atoms with Gasteiger partial charge in [0.05, 0.1) is 24.5 Å². The first kappa shape index (κ1) is 20.2. The lowest BCUT2D eigenvalue weighted by atomic mass is 9.94. The molecule has 1 aromatic carbocycles. The summed E-state index contributed by atoms with van der Waals surface area (Å²) in [5.41, 5.74) is 1.91. The maximum atomic E-state index is 13.4. The third-order valence-corrected chi connectivity index (χ3v) is 7.31. The number of carbonyl (C=O) groups excluding carboxylic acids is 2. The van der Waals surface area contributed by atoms with Gasteiger partial charge in [-0.1, -0.05) is 24.3 Å². The van der Waals surface area contributed by atoms with Crippen molar-refractivity contribution in [3.8, 4) is 0 Å². The molecule has 0 aliphatic carbocycles. The molecule has 0 N–H and O–H groups in total. The average Bonchev–Trinajstić information content (AvgIpc) is 3.44. The van der Waals surface area contributed by atoms with E-state index in [1.165, 1.54) is 0 Å². The molecule has 31 heavy (non-hydrogen) atoms. The number of pyridine rings is 1. The van der Waals surface area contributed by atoms with Gasteiger partial charge in [-0.3, -0.25) is 14.6 Å². The molecular formula is C24H25N3O3S. The summed E-state index contributed by atoms with van der Waals surface area (Å²) in [4.78, 5) is 35.2. The zero-order valence-electron chi connectivity index (χ0n) is 17.3. The SMILES string of the molecule is O=C(Cc1ccccn1)N1CC[C@@H](c2c(C(=O)N3CCOCC3)sc3ccccc23)C1. The van der Waals surface area contributed by atoms with Gasteiger partial charge in [-0.05, 0) is 35.6 Å². The molecule has 5 rings (SSSR count). The molecule has 0 unspecified atom stereocenters. The minimum absolute atomic E-state index is 0.0952. The first-order valence-corrected chi connectivity index (χ1v) is 11.6. The Labute approximate surface area is 185 Å². The Morgan fingerprint density at radius 3 is 2.65 bits per heavy atom. The van der Waals surface area contributed by atoms with E-state index in [4.69, 9.17) is 4.74 Å². The van der Waals surface area contributed by atoms with E-state index in [0.29, 0.717) is 45.8 Å². The molecule has 2 amide bonds. The molecule has 2 aromatic heterocycles. The topological polar surface area (TPSA) is 62.7 Å². The number of hydrogen-bond acceptors (Lipinski definition) is 5. The van der Waals surface area contributed by atoms with Crippen LogP contribution in [0.3, 0.4) is 0 Å². The Kier molecular flexibility index (Phi) is 5.70. The maximum Gasteiger partial charge on any atom is 0.264 e. The van der Waals surface area contributed by atoms with Crippen molar-refractivity contribution in [2.24, 2.45) is 0 Å². The number of nitrogens with zero attached hydrogens (tertiary/aromatic N) is 3. The Bertz CT molecular complexity index is 1090. The van der Waals surface area contributed by atoms with Gasteiger partial charge in [0.2, 0.25) is 5.91 Å². The van der Waals surface area contributed by atoms with Crippen LogP contribution in [0, 0.1) is 0 Å². The molecule has 0 radical (unpaired) electrons. The fraction of sp³-hybridized carbons (Fsp3) is 0.375. The predicted octanol–water partition coefficient (Wildman–Crippen LogP) is 3.33. The highest BCUT2D eigenvalue weighted by atomic mass is 32.1. The van der Waals surface area contributed by atoms with E-state index in [-0.39, 0.29) is 17.7 Å². The number of hydrogen-bond donors (Lipinski definition) is 0. The van der Waals surface area contributed by atoms with Gasteiger partial charge < -0.3 is 14.5 Å². The smallest absolute Gasteiger partial charge is 0.264 e. The number of amides is 2. The molecule has 0 saturated carbocycles. The molecule has 2 aliphatic rings. The van der Waals surface area contributed by atoms with Crippen molar-refractivity contribution in [1.29, 1.82) is 0 Å². The van der Waals surface area contributed by atoms with Crippen molar-refractivity contribution in [3.63, 3.8) is 0 Å². The Balaban J connectivity index is 1.40. The lowest BCUT2D eigenvalue weighted by Gasteiger charge is -2.27. The summed E-state index contributed by atoms with van der Waals surface area (Å²) in [6.45, 7) is 3.80. The van der Waals surface area contributed by atoms with Crippen molar-refractivity contribution < 1.29 is 14.3 Å². The van der Waals surface area contributed by atoms with Crippen LogP contribution in [0.25, 0.3) is 10.1 Å². The fourth-order valence-electron chi connectivity index (χ4n) is 4.53. The maximum absolute atomic E-state index is 13.4. The summed E-state index contributed by atoms with van der Waals surface area (Å²) in [6, 6.07) is 13.9. The van der Waals surface area contributed by atoms with E-state index in [1.54, 1.807) is 17.5 Å². The van der Waals surface area contributed by atoms with Crippen LogP contribution in [0.4, 0.5) is 0 Å². The number of fused-ring (bicyclic) bond motifs is 1. The predicted molar refractivity (Wildman–Crippen MR) is 120 cm³/mol. The van der Waals surface area contributed by atoms with E-state index >= 15 is 0 Å². The highest BCUT2D eigenvalue weighted by Gasteiger charge is 2.34. The lowest BCUT2D eigenvalue weighted by molar-refractivity contribution is -0.129. The first-order valence-electron chi connectivity index (χ1n) is 10.8. The minimum Gasteiger partial charge on any atom is -0.378 e. The van der Waals surface area contributed by atoms with E-state index in [9.17, 15) is 9.59 Å². The third-order valence-electron chi connectivity index (χ3n) is 6.13. The highest BCUT2D eigenvalue weighted by Crippen LogP contribution is 2.40. The summed E-state index contributed by atoms with van der Waals surface area (Å²) < 4.78 is 6.56. The zero-order chi connectivity index (χ0) is 21.2. The van der Waals surface area contributed by atoms with Gasteiger partial charge in [0.1, 0.15) is 0 Å². The Morgan fingerprint density at radius 1 is 1.03 bits per heavy atom. The van der Waals surface area contributed by atoms with E-state index < -0.39 is 0 Å². The second-order valence-corrected chi connectivity index (χ2v) is 9.12. The third kappa shape index (κ3) is 4.07.